The third-order valence-corrected chi connectivity index (χ3v) is 4.19. The van der Waals surface area contributed by atoms with Crippen LogP contribution < -0.4 is 10.1 Å². The quantitative estimate of drug-likeness (QED) is 0.373. The lowest BCUT2D eigenvalue weighted by atomic mass is 10.2. The summed E-state index contributed by atoms with van der Waals surface area (Å²) in [6.07, 6.45) is 7.55. The molecule has 1 aliphatic rings. The first-order chi connectivity index (χ1) is 12.8. The predicted octanol–water partition coefficient (Wildman–Crippen LogP) is 4.39. The second-order valence-electron chi connectivity index (χ2n) is 6.10. The summed E-state index contributed by atoms with van der Waals surface area (Å²) in [6, 6.07) is 15.2. The molecule has 0 spiro atoms. The van der Waals surface area contributed by atoms with Crippen LogP contribution in [0.2, 0.25) is 0 Å². The van der Waals surface area contributed by atoms with Crippen LogP contribution in [-0.2, 0) is 0 Å². The van der Waals surface area contributed by atoms with E-state index in [2.05, 4.69) is 45.3 Å². The number of hydrogen-bond acceptors (Lipinski definition) is 5. The Morgan fingerprint density at radius 2 is 2.12 bits per heavy atom. The van der Waals surface area contributed by atoms with Gasteiger partial charge in [0.25, 0.3) is 0 Å². The molecule has 2 heterocycles. The number of hydrogen-bond donors (Lipinski definition) is 2. The zero-order valence-electron chi connectivity index (χ0n) is 14.4. The molecule has 0 amide bonds. The third kappa shape index (κ3) is 4.72. The number of aromatic nitrogens is 2. The van der Waals surface area contributed by atoms with E-state index in [-0.39, 0.29) is 0 Å². The van der Waals surface area contributed by atoms with E-state index in [0.717, 1.165) is 30.6 Å². The van der Waals surface area contributed by atoms with Crippen LogP contribution in [0.25, 0.3) is 10.9 Å². The zero-order chi connectivity index (χ0) is 18.2. The van der Waals surface area contributed by atoms with Crippen molar-refractivity contribution in [3.05, 3.63) is 59.8 Å². The van der Waals surface area contributed by atoms with E-state index in [0.29, 0.717) is 6.61 Å². The van der Waals surface area contributed by atoms with Crippen LogP contribution in [0.4, 0.5) is 5.82 Å². The van der Waals surface area contributed by atoms with Crippen LogP contribution in [0.3, 0.4) is 0 Å². The van der Waals surface area contributed by atoms with Gasteiger partial charge in [-0.15, -0.1) is 4.91 Å². The van der Waals surface area contributed by atoms with Gasteiger partial charge in [0.2, 0.25) is 0 Å². The van der Waals surface area contributed by atoms with E-state index in [9.17, 15) is 0 Å². The molecule has 1 aromatic carbocycles. The van der Waals surface area contributed by atoms with Crippen molar-refractivity contribution in [3.63, 3.8) is 0 Å². The first-order valence-electron chi connectivity index (χ1n) is 8.67. The molecule has 1 saturated carbocycles. The molecule has 0 aliphatic heterocycles. The minimum absolute atomic E-state index is 0.703. The molecule has 0 unspecified atom stereocenters. The Labute approximate surface area is 151 Å². The van der Waals surface area contributed by atoms with Crippen molar-refractivity contribution < 1.29 is 9.94 Å². The lowest BCUT2D eigenvalue weighted by Crippen LogP contribution is -2.08. The molecule has 136 valence electrons. The van der Waals surface area contributed by atoms with Gasteiger partial charge in [-0.3, -0.25) is 0 Å². The van der Waals surface area contributed by atoms with Gasteiger partial charge >= 0.3 is 0 Å². The Hall–Kier alpha value is -3.09. The fraction of sp³-hybridized carbons (Fsp3) is 0.316. The minimum Gasteiger partial charge on any atom is -0.494 e. The van der Waals surface area contributed by atoms with Crippen LogP contribution in [0, 0.1) is 4.91 Å². The molecule has 4 rings (SSSR count). The summed E-state index contributed by atoms with van der Waals surface area (Å²) >= 11 is 0. The maximum Gasteiger partial charge on any atom is 0.152 e. The Balaban J connectivity index is 0.000000613. The van der Waals surface area contributed by atoms with E-state index in [1.807, 2.05) is 18.2 Å². The van der Waals surface area contributed by atoms with Gasteiger partial charge in [-0.1, -0.05) is 6.07 Å². The average molecular weight is 354 g/mol. The molecule has 0 bridgehead atoms. The van der Waals surface area contributed by atoms with Gasteiger partial charge in [0.1, 0.15) is 11.6 Å². The molecule has 1 aliphatic carbocycles. The molecule has 7 nitrogen and oxygen atoms in total. The highest BCUT2D eigenvalue weighted by atomic mass is 16.6. The summed E-state index contributed by atoms with van der Waals surface area (Å²) in [5.74, 6) is 1.86. The van der Waals surface area contributed by atoms with Crippen molar-refractivity contribution in [2.24, 2.45) is 5.34 Å². The Morgan fingerprint density at radius 1 is 1.27 bits per heavy atom. The van der Waals surface area contributed by atoms with Crippen LogP contribution in [0.15, 0.2) is 60.2 Å². The predicted molar refractivity (Wildman–Crippen MR) is 101 cm³/mol. The van der Waals surface area contributed by atoms with Gasteiger partial charge in [-0.25, -0.2) is 4.98 Å². The first-order valence-corrected chi connectivity index (χ1v) is 8.67. The fourth-order valence-electron chi connectivity index (χ4n) is 2.85. The lowest BCUT2D eigenvalue weighted by molar-refractivity contribution is 0.312. The first kappa shape index (κ1) is 17.7. The molecule has 7 heteroatoms. The molecular formula is C19H22N4O3. The number of benzene rings is 1. The number of anilines is 1. The number of rotatable bonds is 7. The number of ether oxygens (including phenoxy) is 1. The zero-order valence-corrected chi connectivity index (χ0v) is 14.4. The molecule has 0 radical (unpaired) electrons. The standard InChI is InChI=1S/C19H21N3O.HNO2/c1-2-10-20-19(4-1)21-11-3-13-23-17-7-8-18-15(14-17)9-12-22(18)16-5-6-16;2-1-3/h1-2,4,7-10,12,14,16H,3,5-6,11,13H2,(H,20,21);(H,2,3). The molecule has 3 aromatic rings. The lowest BCUT2D eigenvalue weighted by Gasteiger charge is -2.08. The maximum absolute atomic E-state index is 8.11. The monoisotopic (exact) mass is 354 g/mol. The van der Waals surface area contributed by atoms with E-state index in [4.69, 9.17) is 14.9 Å². The van der Waals surface area contributed by atoms with Crippen molar-refractivity contribution in [1.82, 2.24) is 9.55 Å². The maximum atomic E-state index is 8.11. The molecule has 2 N–H and O–H groups in total. The van der Waals surface area contributed by atoms with Gasteiger partial charge in [0.05, 0.1) is 6.61 Å². The number of nitrogens with zero attached hydrogens (tertiary/aromatic N) is 3. The van der Waals surface area contributed by atoms with E-state index in [1.165, 1.54) is 29.1 Å². The second-order valence-corrected chi connectivity index (χ2v) is 6.10. The molecule has 2 aromatic heterocycles. The largest absolute Gasteiger partial charge is 0.494 e. The molecule has 1 fully saturated rings. The summed E-state index contributed by atoms with van der Waals surface area (Å²) in [4.78, 5) is 12.3. The van der Waals surface area contributed by atoms with Crippen LogP contribution in [0.5, 0.6) is 5.75 Å². The summed E-state index contributed by atoms with van der Waals surface area (Å²) in [5.41, 5.74) is 1.32. The fourth-order valence-corrected chi connectivity index (χ4v) is 2.85. The number of nitrogens with one attached hydrogen (secondary N) is 1. The van der Waals surface area contributed by atoms with E-state index < -0.39 is 0 Å². The van der Waals surface area contributed by atoms with Crippen molar-refractivity contribution in [2.45, 2.75) is 25.3 Å². The Kier molecular flexibility index (Phi) is 6.03. The van der Waals surface area contributed by atoms with Crippen molar-refractivity contribution in [3.8, 4) is 5.75 Å². The van der Waals surface area contributed by atoms with E-state index >= 15 is 0 Å². The SMILES string of the molecule is O=NO.c1ccc(NCCCOc2ccc3c(ccn3C3CC3)c2)nc1. The van der Waals surface area contributed by atoms with Gasteiger partial charge in [-0.2, -0.15) is 0 Å². The summed E-state index contributed by atoms with van der Waals surface area (Å²) in [7, 11) is 0. The summed E-state index contributed by atoms with van der Waals surface area (Å²) in [5, 5.41) is 12.4. The van der Waals surface area contributed by atoms with Gasteiger partial charge in [0.15, 0.2) is 5.34 Å². The normalized spacial score (nSPS) is 12.9. The minimum atomic E-state index is 0.703. The molecular weight excluding hydrogens is 332 g/mol. The molecule has 0 saturated heterocycles. The number of fused-ring (bicyclic) bond motifs is 1. The summed E-state index contributed by atoms with van der Waals surface area (Å²) < 4.78 is 8.25. The highest BCUT2D eigenvalue weighted by Gasteiger charge is 2.24. The average Bonchev–Trinajstić information content (AvgIpc) is 3.42. The van der Waals surface area contributed by atoms with Crippen molar-refractivity contribution in [2.75, 3.05) is 18.5 Å². The van der Waals surface area contributed by atoms with Crippen molar-refractivity contribution >= 4 is 16.7 Å². The van der Waals surface area contributed by atoms with Gasteiger partial charge in [-0.05, 0) is 55.7 Å². The highest BCUT2D eigenvalue weighted by molar-refractivity contribution is 5.82. The van der Waals surface area contributed by atoms with Crippen LogP contribution in [-0.4, -0.2) is 27.9 Å². The molecule has 26 heavy (non-hydrogen) atoms. The van der Waals surface area contributed by atoms with Crippen molar-refractivity contribution in [1.29, 1.82) is 0 Å². The highest BCUT2D eigenvalue weighted by Crippen LogP contribution is 2.38. The Bertz CT molecular complexity index is 831. The smallest absolute Gasteiger partial charge is 0.152 e. The van der Waals surface area contributed by atoms with Crippen LogP contribution >= 0.6 is 0 Å². The summed E-state index contributed by atoms with van der Waals surface area (Å²) in [6.45, 7) is 1.56. The van der Waals surface area contributed by atoms with Gasteiger partial charge in [0, 0.05) is 35.9 Å². The molecule has 0 atom stereocenters. The third-order valence-electron chi connectivity index (χ3n) is 4.19. The second kappa shape index (κ2) is 8.84. The Morgan fingerprint density at radius 3 is 2.85 bits per heavy atom. The van der Waals surface area contributed by atoms with Crippen LogP contribution in [0.1, 0.15) is 25.3 Å². The van der Waals surface area contributed by atoms with E-state index in [1.54, 1.807) is 6.20 Å². The van der Waals surface area contributed by atoms with Gasteiger partial charge < -0.3 is 19.8 Å². The number of pyridine rings is 1. The topological polar surface area (TPSA) is 88.7 Å².